The summed E-state index contributed by atoms with van der Waals surface area (Å²) >= 11 is 0. The second-order valence-electron chi connectivity index (χ2n) is 2.85. The highest BCUT2D eigenvalue weighted by atomic mass is 19.4. The van der Waals surface area contributed by atoms with Gasteiger partial charge in [-0.2, -0.15) is 13.2 Å². The minimum absolute atomic E-state index is 0.110. The van der Waals surface area contributed by atoms with Gasteiger partial charge in [0.15, 0.2) is 5.60 Å². The lowest BCUT2D eigenvalue weighted by atomic mass is 9.98. The zero-order chi connectivity index (χ0) is 10.5. The van der Waals surface area contributed by atoms with Crippen molar-refractivity contribution in [3.05, 3.63) is 0 Å². The average molecular weight is 201 g/mol. The zero-order valence-electron chi connectivity index (χ0n) is 7.40. The standard InChI is InChI=1S/C7H14F3NO2/c1-13-5-6(12,3-2-4-11)7(8,9)10/h12H,2-5,11H2,1H3. The van der Waals surface area contributed by atoms with Crippen molar-refractivity contribution in [1.29, 1.82) is 0 Å². The van der Waals surface area contributed by atoms with Crippen LogP contribution in [0.2, 0.25) is 0 Å². The quantitative estimate of drug-likeness (QED) is 0.687. The van der Waals surface area contributed by atoms with Crippen molar-refractivity contribution >= 4 is 0 Å². The molecule has 0 saturated carbocycles. The number of hydrogen-bond acceptors (Lipinski definition) is 3. The molecule has 6 heteroatoms. The largest absolute Gasteiger partial charge is 0.419 e. The fourth-order valence-corrected chi connectivity index (χ4v) is 0.929. The SMILES string of the molecule is COCC(O)(CCCN)C(F)(F)F. The summed E-state index contributed by atoms with van der Waals surface area (Å²) in [6.07, 6.45) is -4.99. The highest BCUT2D eigenvalue weighted by Gasteiger charge is 2.53. The van der Waals surface area contributed by atoms with Crippen molar-refractivity contribution < 1.29 is 23.0 Å². The molecule has 0 bridgehead atoms. The Kier molecular flexibility index (Phi) is 4.66. The van der Waals surface area contributed by atoms with Gasteiger partial charge >= 0.3 is 6.18 Å². The molecule has 0 aliphatic carbocycles. The van der Waals surface area contributed by atoms with Gasteiger partial charge < -0.3 is 15.6 Å². The van der Waals surface area contributed by atoms with Crippen LogP contribution in [0.4, 0.5) is 13.2 Å². The van der Waals surface area contributed by atoms with Crippen LogP contribution in [-0.4, -0.2) is 37.1 Å². The molecule has 0 heterocycles. The van der Waals surface area contributed by atoms with Crippen molar-refractivity contribution in [3.63, 3.8) is 0 Å². The molecule has 3 N–H and O–H groups in total. The van der Waals surface area contributed by atoms with Crippen LogP contribution >= 0.6 is 0 Å². The van der Waals surface area contributed by atoms with E-state index >= 15 is 0 Å². The van der Waals surface area contributed by atoms with Gasteiger partial charge in [-0.3, -0.25) is 0 Å². The first kappa shape index (κ1) is 12.7. The molecule has 0 fully saturated rings. The highest BCUT2D eigenvalue weighted by Crippen LogP contribution is 2.34. The molecule has 0 saturated heterocycles. The van der Waals surface area contributed by atoms with Crippen molar-refractivity contribution in [2.75, 3.05) is 20.3 Å². The molecule has 0 aliphatic rings. The van der Waals surface area contributed by atoms with E-state index in [0.29, 0.717) is 0 Å². The molecule has 1 atom stereocenters. The van der Waals surface area contributed by atoms with Crippen molar-refractivity contribution in [3.8, 4) is 0 Å². The van der Waals surface area contributed by atoms with Crippen LogP contribution in [0.5, 0.6) is 0 Å². The number of nitrogens with two attached hydrogens (primary N) is 1. The summed E-state index contributed by atoms with van der Waals surface area (Å²) in [7, 11) is 1.11. The number of rotatable bonds is 5. The maximum Gasteiger partial charge on any atom is 0.419 e. The van der Waals surface area contributed by atoms with Crippen LogP contribution < -0.4 is 5.73 Å². The molecule has 0 amide bonds. The summed E-state index contributed by atoms with van der Waals surface area (Å²) in [6, 6.07) is 0. The van der Waals surface area contributed by atoms with E-state index in [1.807, 2.05) is 0 Å². The van der Waals surface area contributed by atoms with Gasteiger partial charge in [0, 0.05) is 7.11 Å². The van der Waals surface area contributed by atoms with E-state index in [9.17, 15) is 18.3 Å². The first-order chi connectivity index (χ1) is 5.87. The van der Waals surface area contributed by atoms with E-state index in [4.69, 9.17) is 5.73 Å². The fraction of sp³-hybridized carbons (Fsp3) is 1.00. The molecular weight excluding hydrogens is 187 g/mol. The Balaban J connectivity index is 4.34. The van der Waals surface area contributed by atoms with Crippen molar-refractivity contribution in [1.82, 2.24) is 0 Å². The lowest BCUT2D eigenvalue weighted by Gasteiger charge is -2.29. The minimum atomic E-state index is -4.67. The molecular formula is C7H14F3NO2. The van der Waals surface area contributed by atoms with E-state index in [1.165, 1.54) is 0 Å². The third-order valence-corrected chi connectivity index (χ3v) is 1.71. The molecule has 0 aromatic carbocycles. The van der Waals surface area contributed by atoms with Gasteiger partial charge in [-0.1, -0.05) is 0 Å². The zero-order valence-corrected chi connectivity index (χ0v) is 7.40. The second kappa shape index (κ2) is 4.78. The number of aliphatic hydroxyl groups is 1. The van der Waals surface area contributed by atoms with Gasteiger partial charge in [0.1, 0.15) is 0 Å². The Morgan fingerprint density at radius 2 is 1.92 bits per heavy atom. The van der Waals surface area contributed by atoms with Gasteiger partial charge in [-0.25, -0.2) is 0 Å². The third-order valence-electron chi connectivity index (χ3n) is 1.71. The van der Waals surface area contributed by atoms with E-state index < -0.39 is 24.8 Å². The molecule has 0 radical (unpaired) electrons. The van der Waals surface area contributed by atoms with Crippen molar-refractivity contribution in [2.24, 2.45) is 5.73 Å². The number of methoxy groups -OCH3 is 1. The van der Waals surface area contributed by atoms with Gasteiger partial charge in [0.05, 0.1) is 6.61 Å². The molecule has 13 heavy (non-hydrogen) atoms. The third kappa shape index (κ3) is 3.50. The van der Waals surface area contributed by atoms with Crippen LogP contribution in [0.15, 0.2) is 0 Å². The maximum absolute atomic E-state index is 12.2. The lowest BCUT2D eigenvalue weighted by molar-refractivity contribution is -0.275. The Morgan fingerprint density at radius 1 is 1.38 bits per heavy atom. The predicted molar refractivity (Wildman–Crippen MR) is 41.2 cm³/mol. The average Bonchev–Trinajstić information content (AvgIpc) is 1.99. The summed E-state index contributed by atoms with van der Waals surface area (Å²) in [6.45, 7) is -0.640. The summed E-state index contributed by atoms with van der Waals surface area (Å²) in [4.78, 5) is 0. The highest BCUT2D eigenvalue weighted by molar-refractivity contribution is 4.86. The maximum atomic E-state index is 12.2. The summed E-state index contributed by atoms with van der Waals surface area (Å²) < 4.78 is 41.1. The molecule has 0 aromatic rings. The minimum Gasteiger partial charge on any atom is -0.381 e. The van der Waals surface area contributed by atoms with Gasteiger partial charge in [0.25, 0.3) is 0 Å². The van der Waals surface area contributed by atoms with Crippen LogP contribution in [0.3, 0.4) is 0 Å². The van der Waals surface area contributed by atoms with Gasteiger partial charge in [-0.15, -0.1) is 0 Å². The first-order valence-electron chi connectivity index (χ1n) is 3.85. The Bertz CT molecular complexity index is 151. The first-order valence-corrected chi connectivity index (χ1v) is 3.85. The predicted octanol–water partition coefficient (Wildman–Crippen LogP) is 0.665. The number of halogens is 3. The van der Waals surface area contributed by atoms with E-state index in [-0.39, 0.29) is 13.0 Å². The topological polar surface area (TPSA) is 55.5 Å². The Hall–Kier alpha value is -0.330. The molecule has 0 aromatic heterocycles. The molecule has 0 aliphatic heterocycles. The normalized spacial score (nSPS) is 17.1. The molecule has 80 valence electrons. The lowest BCUT2D eigenvalue weighted by Crippen LogP contribution is -2.49. The van der Waals surface area contributed by atoms with E-state index in [0.717, 1.165) is 7.11 Å². The van der Waals surface area contributed by atoms with Crippen LogP contribution in [0.25, 0.3) is 0 Å². The smallest absolute Gasteiger partial charge is 0.381 e. The Morgan fingerprint density at radius 3 is 2.23 bits per heavy atom. The van der Waals surface area contributed by atoms with Gasteiger partial charge in [-0.05, 0) is 19.4 Å². The second-order valence-corrected chi connectivity index (χ2v) is 2.85. The summed E-state index contributed by atoms with van der Waals surface area (Å²) in [5.74, 6) is 0. The monoisotopic (exact) mass is 201 g/mol. The molecule has 1 unspecified atom stereocenters. The van der Waals surface area contributed by atoms with E-state index in [1.54, 1.807) is 0 Å². The number of alkyl halides is 3. The molecule has 3 nitrogen and oxygen atoms in total. The number of hydrogen-bond donors (Lipinski definition) is 2. The molecule has 0 spiro atoms. The summed E-state index contributed by atoms with van der Waals surface area (Å²) in [5, 5.41) is 9.17. The van der Waals surface area contributed by atoms with E-state index in [2.05, 4.69) is 4.74 Å². The van der Waals surface area contributed by atoms with Crippen LogP contribution in [0.1, 0.15) is 12.8 Å². The molecule has 0 rings (SSSR count). The Labute approximate surface area is 74.7 Å². The van der Waals surface area contributed by atoms with Crippen molar-refractivity contribution in [2.45, 2.75) is 24.6 Å². The number of ether oxygens (including phenoxy) is 1. The summed E-state index contributed by atoms with van der Waals surface area (Å²) in [5.41, 5.74) is 2.29. The van der Waals surface area contributed by atoms with Crippen LogP contribution in [0, 0.1) is 0 Å². The van der Waals surface area contributed by atoms with Crippen LogP contribution in [-0.2, 0) is 4.74 Å². The van der Waals surface area contributed by atoms with Gasteiger partial charge in [0.2, 0.25) is 0 Å². The fourth-order valence-electron chi connectivity index (χ4n) is 0.929.